The Morgan fingerprint density at radius 3 is 2.94 bits per heavy atom. The van der Waals surface area contributed by atoms with Crippen LogP contribution >= 0.6 is 11.8 Å². The number of unbranched alkanes of at least 4 members (excludes halogenated alkanes) is 1. The molecule has 0 aromatic heterocycles. The van der Waals surface area contributed by atoms with E-state index in [0.717, 1.165) is 12.7 Å². The fourth-order valence-corrected chi connectivity index (χ4v) is 3.44. The third-order valence-corrected chi connectivity index (χ3v) is 4.60. The Bertz CT molecular complexity index is 255. The number of thioether (sulfide) groups is 1. The van der Waals surface area contributed by atoms with E-state index in [2.05, 4.69) is 26.8 Å². The summed E-state index contributed by atoms with van der Waals surface area (Å²) >= 11 is 2.04. The van der Waals surface area contributed by atoms with Crippen molar-refractivity contribution < 1.29 is 4.79 Å². The van der Waals surface area contributed by atoms with Gasteiger partial charge in [-0.1, -0.05) is 38.8 Å². The first-order valence-electron chi connectivity index (χ1n) is 6.32. The average Bonchev–Trinajstić information content (AvgIpc) is 2.50. The van der Waals surface area contributed by atoms with E-state index in [1.54, 1.807) is 5.57 Å². The van der Waals surface area contributed by atoms with E-state index in [1.165, 1.54) is 24.3 Å². The van der Waals surface area contributed by atoms with Gasteiger partial charge < -0.3 is 4.79 Å². The summed E-state index contributed by atoms with van der Waals surface area (Å²) < 4.78 is 0. The van der Waals surface area contributed by atoms with Gasteiger partial charge in [0.25, 0.3) is 0 Å². The Labute approximate surface area is 104 Å². The van der Waals surface area contributed by atoms with Crippen LogP contribution in [0.1, 0.15) is 46.5 Å². The number of carbonyl (C=O) groups is 1. The van der Waals surface area contributed by atoms with Gasteiger partial charge in [0.2, 0.25) is 0 Å². The number of allylic oxidation sites excluding steroid dienone is 1. The molecule has 1 nitrogen and oxygen atoms in total. The Morgan fingerprint density at radius 1 is 1.56 bits per heavy atom. The molecule has 1 atom stereocenters. The molecule has 2 heteroatoms. The maximum absolute atomic E-state index is 10.6. The summed E-state index contributed by atoms with van der Waals surface area (Å²) in [5.74, 6) is 2.97. The molecule has 0 radical (unpaired) electrons. The molecule has 0 fully saturated rings. The molecule has 1 rings (SSSR count). The van der Waals surface area contributed by atoms with Gasteiger partial charge in [-0.2, -0.15) is 11.8 Å². The Morgan fingerprint density at radius 2 is 2.31 bits per heavy atom. The summed E-state index contributed by atoms with van der Waals surface area (Å²) in [6.45, 7) is 6.74. The van der Waals surface area contributed by atoms with Crippen molar-refractivity contribution in [2.45, 2.75) is 46.5 Å². The van der Waals surface area contributed by atoms with Gasteiger partial charge in [-0.3, -0.25) is 0 Å². The van der Waals surface area contributed by atoms with E-state index in [9.17, 15) is 4.79 Å². The molecule has 0 aliphatic heterocycles. The molecule has 0 saturated heterocycles. The van der Waals surface area contributed by atoms with Gasteiger partial charge in [0.1, 0.15) is 6.29 Å². The molecule has 1 aliphatic rings. The number of hydrogen-bond donors (Lipinski definition) is 0. The minimum absolute atomic E-state index is 0.224. The SMILES string of the molecule is CCCCSCC1=CC(C)(C)[C@@H](CC=O)C1. The van der Waals surface area contributed by atoms with Crippen LogP contribution < -0.4 is 0 Å². The topological polar surface area (TPSA) is 17.1 Å². The van der Waals surface area contributed by atoms with E-state index < -0.39 is 0 Å². The summed E-state index contributed by atoms with van der Waals surface area (Å²) in [5.41, 5.74) is 1.78. The zero-order valence-corrected chi connectivity index (χ0v) is 11.6. The number of rotatable bonds is 7. The molecule has 0 unspecified atom stereocenters. The van der Waals surface area contributed by atoms with Crippen molar-refractivity contribution in [1.82, 2.24) is 0 Å². The minimum Gasteiger partial charge on any atom is -0.303 e. The molecule has 0 aromatic carbocycles. The second-order valence-electron chi connectivity index (χ2n) is 5.33. The molecular formula is C14H24OS. The van der Waals surface area contributed by atoms with Crippen LogP contribution in [-0.4, -0.2) is 17.8 Å². The van der Waals surface area contributed by atoms with Crippen LogP contribution in [-0.2, 0) is 4.79 Å². The summed E-state index contributed by atoms with van der Waals surface area (Å²) in [6.07, 6.45) is 7.93. The molecule has 16 heavy (non-hydrogen) atoms. The van der Waals surface area contributed by atoms with Crippen LogP contribution in [0, 0.1) is 11.3 Å². The van der Waals surface area contributed by atoms with Gasteiger partial charge in [0.05, 0.1) is 0 Å². The largest absolute Gasteiger partial charge is 0.303 e. The first-order valence-corrected chi connectivity index (χ1v) is 7.47. The van der Waals surface area contributed by atoms with Crippen LogP contribution in [0.4, 0.5) is 0 Å². The summed E-state index contributed by atoms with van der Waals surface area (Å²) in [7, 11) is 0. The highest BCUT2D eigenvalue weighted by atomic mass is 32.2. The average molecular weight is 240 g/mol. The van der Waals surface area contributed by atoms with Crippen molar-refractivity contribution in [3.05, 3.63) is 11.6 Å². The van der Waals surface area contributed by atoms with Gasteiger partial charge >= 0.3 is 0 Å². The first kappa shape index (κ1) is 13.8. The third kappa shape index (κ3) is 3.97. The third-order valence-electron chi connectivity index (χ3n) is 3.45. The normalized spacial score (nSPS) is 23.2. The van der Waals surface area contributed by atoms with Gasteiger partial charge in [0.15, 0.2) is 0 Å². The van der Waals surface area contributed by atoms with Crippen molar-refractivity contribution in [2.75, 3.05) is 11.5 Å². The second-order valence-corrected chi connectivity index (χ2v) is 6.44. The molecule has 0 heterocycles. The van der Waals surface area contributed by atoms with Gasteiger partial charge in [-0.05, 0) is 29.9 Å². The predicted molar refractivity (Wildman–Crippen MR) is 72.9 cm³/mol. The standard InChI is InChI=1S/C14H24OS/c1-4-5-8-16-11-12-9-13(6-7-15)14(2,3)10-12/h7,10,13H,4-6,8-9,11H2,1-3H3/t13-/m0/s1. The van der Waals surface area contributed by atoms with E-state index in [4.69, 9.17) is 0 Å². The van der Waals surface area contributed by atoms with E-state index >= 15 is 0 Å². The van der Waals surface area contributed by atoms with E-state index in [0.29, 0.717) is 12.3 Å². The Balaban J connectivity index is 2.37. The highest BCUT2D eigenvalue weighted by molar-refractivity contribution is 7.99. The molecule has 0 saturated carbocycles. The van der Waals surface area contributed by atoms with Crippen LogP contribution in [0.15, 0.2) is 11.6 Å². The maximum Gasteiger partial charge on any atom is 0.120 e. The Kier molecular flexibility index (Phi) is 5.60. The molecule has 1 aliphatic carbocycles. The second kappa shape index (κ2) is 6.48. The monoisotopic (exact) mass is 240 g/mol. The van der Waals surface area contributed by atoms with E-state index in [-0.39, 0.29) is 5.41 Å². The fourth-order valence-electron chi connectivity index (χ4n) is 2.34. The van der Waals surface area contributed by atoms with Crippen LogP contribution in [0.5, 0.6) is 0 Å². The van der Waals surface area contributed by atoms with Crippen molar-refractivity contribution in [3.63, 3.8) is 0 Å². The molecule has 0 amide bonds. The fraction of sp³-hybridized carbons (Fsp3) is 0.786. The van der Waals surface area contributed by atoms with Gasteiger partial charge in [-0.25, -0.2) is 0 Å². The molecule has 0 N–H and O–H groups in total. The number of hydrogen-bond acceptors (Lipinski definition) is 2. The van der Waals surface area contributed by atoms with Crippen molar-refractivity contribution >= 4 is 18.0 Å². The summed E-state index contributed by atoms with van der Waals surface area (Å²) in [5, 5.41) is 0. The predicted octanol–water partition coefficient (Wildman–Crippen LogP) is 4.08. The minimum atomic E-state index is 0.224. The van der Waals surface area contributed by atoms with Crippen molar-refractivity contribution in [1.29, 1.82) is 0 Å². The van der Waals surface area contributed by atoms with Crippen molar-refractivity contribution in [2.24, 2.45) is 11.3 Å². The molecule has 0 bridgehead atoms. The first-order chi connectivity index (χ1) is 7.60. The quantitative estimate of drug-likeness (QED) is 0.379. The highest BCUT2D eigenvalue weighted by Gasteiger charge is 2.33. The highest BCUT2D eigenvalue weighted by Crippen LogP contribution is 2.43. The van der Waals surface area contributed by atoms with Crippen molar-refractivity contribution in [3.8, 4) is 0 Å². The zero-order chi connectivity index (χ0) is 12.0. The molecule has 0 aromatic rings. The van der Waals surface area contributed by atoms with Crippen LogP contribution in [0.2, 0.25) is 0 Å². The lowest BCUT2D eigenvalue weighted by atomic mass is 9.80. The molecule has 0 spiro atoms. The zero-order valence-electron chi connectivity index (χ0n) is 10.8. The van der Waals surface area contributed by atoms with Gasteiger partial charge in [0, 0.05) is 12.2 Å². The number of carbonyl (C=O) groups excluding carboxylic acids is 1. The molecule has 92 valence electrons. The van der Waals surface area contributed by atoms with Gasteiger partial charge in [-0.15, -0.1) is 0 Å². The smallest absolute Gasteiger partial charge is 0.120 e. The summed E-state index contributed by atoms with van der Waals surface area (Å²) in [4.78, 5) is 10.6. The van der Waals surface area contributed by atoms with Crippen LogP contribution in [0.3, 0.4) is 0 Å². The van der Waals surface area contributed by atoms with E-state index in [1.807, 2.05) is 11.8 Å². The summed E-state index contributed by atoms with van der Waals surface area (Å²) in [6, 6.07) is 0. The lowest BCUT2D eigenvalue weighted by Crippen LogP contribution is -2.17. The Hall–Kier alpha value is -0.240. The lowest BCUT2D eigenvalue weighted by molar-refractivity contribution is -0.109. The maximum atomic E-state index is 10.6. The van der Waals surface area contributed by atoms with Crippen LogP contribution in [0.25, 0.3) is 0 Å². The molecular weight excluding hydrogens is 216 g/mol. The number of aldehydes is 1. The lowest BCUT2D eigenvalue weighted by Gasteiger charge is -2.23.